The van der Waals surface area contributed by atoms with E-state index in [9.17, 15) is 14.4 Å². The van der Waals surface area contributed by atoms with Crippen molar-refractivity contribution in [2.75, 3.05) is 6.61 Å². The molecule has 4 aliphatic rings. The first kappa shape index (κ1) is 26.5. The summed E-state index contributed by atoms with van der Waals surface area (Å²) in [5, 5.41) is 2.88. The van der Waals surface area contributed by atoms with Crippen LogP contribution in [0.25, 0.3) is 0 Å². The molecule has 0 unspecified atom stereocenters. The smallest absolute Gasteiger partial charge is 0.329 e. The third kappa shape index (κ3) is 5.60. The van der Waals surface area contributed by atoms with Crippen molar-refractivity contribution in [2.45, 2.75) is 63.3 Å². The summed E-state index contributed by atoms with van der Waals surface area (Å²) in [5.74, 6) is 1.35. The maximum absolute atomic E-state index is 13.3. The molecule has 206 valence electrons. The first-order chi connectivity index (χ1) is 19.4. The molecular formula is C35H37NO4. The quantitative estimate of drug-likeness (QED) is 0.260. The Balaban J connectivity index is 1.13. The fraction of sp³-hybridized carbons (Fsp3) is 0.400. The molecule has 3 aromatic rings. The van der Waals surface area contributed by atoms with Gasteiger partial charge in [-0.1, -0.05) is 72.3 Å². The van der Waals surface area contributed by atoms with Crippen LogP contribution in [-0.4, -0.2) is 30.3 Å². The van der Waals surface area contributed by atoms with Crippen LogP contribution in [0.2, 0.25) is 0 Å². The summed E-state index contributed by atoms with van der Waals surface area (Å²) >= 11 is 0. The van der Waals surface area contributed by atoms with Gasteiger partial charge in [0.1, 0.15) is 6.04 Å². The molecule has 4 bridgehead atoms. The molecule has 5 heteroatoms. The van der Waals surface area contributed by atoms with Gasteiger partial charge in [0.05, 0.1) is 0 Å². The van der Waals surface area contributed by atoms with E-state index in [4.69, 9.17) is 4.74 Å². The number of nitrogens with one attached hydrogen (secondary N) is 1. The number of carbonyl (C=O) groups is 3. The van der Waals surface area contributed by atoms with E-state index in [0.717, 1.165) is 28.9 Å². The van der Waals surface area contributed by atoms with Gasteiger partial charge in [-0.25, -0.2) is 4.79 Å². The van der Waals surface area contributed by atoms with Gasteiger partial charge >= 0.3 is 5.97 Å². The standard InChI is InChI=1S/C35H37NO4/c1-23-7-9-28(10-8-23)32(37)22-40-34(39)31(18-24-5-3-2-4-6-24)36-33(38)29-11-13-30(14-12-29)35-19-25-15-26(20-35)17-27(16-25)21-35/h2-14,25-27,31H,15-22H2,1H3,(H,36,38)/t25?,26?,27?,31-,35?/m1/s1. The summed E-state index contributed by atoms with van der Waals surface area (Å²) in [6.45, 7) is 1.57. The van der Waals surface area contributed by atoms with E-state index >= 15 is 0 Å². The van der Waals surface area contributed by atoms with E-state index in [1.165, 1.54) is 44.1 Å². The third-order valence-corrected chi connectivity index (χ3v) is 9.39. The molecule has 4 fully saturated rings. The molecule has 0 spiro atoms. The van der Waals surface area contributed by atoms with Crippen molar-refractivity contribution >= 4 is 17.7 Å². The molecule has 0 heterocycles. The number of carbonyl (C=O) groups excluding carboxylic acids is 3. The molecular weight excluding hydrogens is 498 g/mol. The number of hydrogen-bond acceptors (Lipinski definition) is 4. The number of esters is 1. The van der Waals surface area contributed by atoms with Crippen molar-refractivity contribution in [1.29, 1.82) is 0 Å². The van der Waals surface area contributed by atoms with Gasteiger partial charge < -0.3 is 10.1 Å². The zero-order chi connectivity index (χ0) is 27.7. The lowest BCUT2D eigenvalue weighted by Crippen LogP contribution is -2.48. The summed E-state index contributed by atoms with van der Waals surface area (Å²) in [4.78, 5) is 39.0. The minimum atomic E-state index is -0.913. The van der Waals surface area contributed by atoms with Crippen molar-refractivity contribution in [2.24, 2.45) is 17.8 Å². The average molecular weight is 536 g/mol. The Morgan fingerprint density at radius 3 is 1.98 bits per heavy atom. The largest absolute Gasteiger partial charge is 0.456 e. The van der Waals surface area contributed by atoms with Crippen LogP contribution in [-0.2, 0) is 21.4 Å². The van der Waals surface area contributed by atoms with Gasteiger partial charge in [0.2, 0.25) is 0 Å². The van der Waals surface area contributed by atoms with Gasteiger partial charge in [-0.2, -0.15) is 0 Å². The first-order valence-corrected chi connectivity index (χ1v) is 14.6. The highest BCUT2D eigenvalue weighted by atomic mass is 16.5. The molecule has 7 rings (SSSR count). The van der Waals surface area contributed by atoms with Crippen molar-refractivity contribution in [3.05, 3.63) is 107 Å². The number of Topliss-reactive ketones (excluding diaryl/α,β-unsaturated/α-hetero) is 1. The normalized spacial score (nSPS) is 25.3. The Morgan fingerprint density at radius 2 is 1.38 bits per heavy atom. The second-order valence-corrected chi connectivity index (χ2v) is 12.4. The molecule has 0 radical (unpaired) electrons. The third-order valence-electron chi connectivity index (χ3n) is 9.39. The fourth-order valence-electron chi connectivity index (χ4n) is 7.78. The number of hydrogen-bond donors (Lipinski definition) is 1. The Morgan fingerprint density at radius 1 is 0.800 bits per heavy atom. The molecule has 4 aliphatic carbocycles. The van der Waals surface area contributed by atoms with E-state index in [2.05, 4.69) is 17.4 Å². The van der Waals surface area contributed by atoms with Crippen LogP contribution in [0.4, 0.5) is 0 Å². The predicted octanol–water partition coefficient (Wildman–Crippen LogP) is 6.23. The van der Waals surface area contributed by atoms with Crippen LogP contribution < -0.4 is 5.32 Å². The van der Waals surface area contributed by atoms with Gasteiger partial charge in [-0.3, -0.25) is 9.59 Å². The average Bonchev–Trinajstić information content (AvgIpc) is 2.95. The molecule has 40 heavy (non-hydrogen) atoms. The van der Waals surface area contributed by atoms with Gasteiger partial charge in [-0.15, -0.1) is 0 Å². The summed E-state index contributed by atoms with van der Waals surface area (Å²) in [5.41, 5.74) is 4.58. The number of amides is 1. The van der Waals surface area contributed by atoms with Crippen molar-refractivity contribution < 1.29 is 19.1 Å². The Kier molecular flexibility index (Phi) is 7.31. The molecule has 5 nitrogen and oxygen atoms in total. The molecule has 4 saturated carbocycles. The molecule has 1 atom stereocenters. The van der Waals surface area contributed by atoms with Gasteiger partial charge in [0, 0.05) is 17.5 Å². The maximum atomic E-state index is 13.3. The van der Waals surface area contributed by atoms with Crippen LogP contribution in [0.3, 0.4) is 0 Å². The lowest BCUT2D eigenvalue weighted by atomic mass is 9.48. The molecule has 0 aromatic heterocycles. The Labute approximate surface area is 236 Å². The molecule has 3 aromatic carbocycles. The van der Waals surface area contributed by atoms with Crippen LogP contribution in [0.15, 0.2) is 78.9 Å². The van der Waals surface area contributed by atoms with Crippen molar-refractivity contribution in [3.8, 4) is 0 Å². The number of ether oxygens (including phenoxy) is 1. The lowest BCUT2D eigenvalue weighted by molar-refractivity contribution is -0.144. The van der Waals surface area contributed by atoms with Crippen LogP contribution >= 0.6 is 0 Å². The Hall–Kier alpha value is -3.73. The zero-order valence-corrected chi connectivity index (χ0v) is 23.1. The Bertz CT molecular complexity index is 1340. The number of benzene rings is 3. The van der Waals surface area contributed by atoms with E-state index in [-0.39, 0.29) is 30.1 Å². The highest BCUT2D eigenvalue weighted by Crippen LogP contribution is 2.60. The summed E-state index contributed by atoms with van der Waals surface area (Å²) < 4.78 is 5.41. The second kappa shape index (κ2) is 11.0. The number of ketones is 1. The fourth-order valence-corrected chi connectivity index (χ4v) is 7.78. The summed E-state index contributed by atoms with van der Waals surface area (Å²) in [6, 6.07) is 23.8. The van der Waals surface area contributed by atoms with Gasteiger partial charge in [0.25, 0.3) is 5.91 Å². The molecule has 1 N–H and O–H groups in total. The topological polar surface area (TPSA) is 72.5 Å². The molecule has 0 saturated heterocycles. The maximum Gasteiger partial charge on any atom is 0.329 e. The number of aryl methyl sites for hydroxylation is 1. The monoisotopic (exact) mass is 535 g/mol. The first-order valence-electron chi connectivity index (χ1n) is 14.6. The number of rotatable bonds is 9. The highest BCUT2D eigenvalue weighted by molar-refractivity contribution is 5.99. The van der Waals surface area contributed by atoms with E-state index in [1.54, 1.807) is 12.1 Å². The molecule has 0 aliphatic heterocycles. The van der Waals surface area contributed by atoms with Crippen molar-refractivity contribution in [1.82, 2.24) is 5.32 Å². The lowest BCUT2D eigenvalue weighted by Gasteiger charge is -2.57. The minimum Gasteiger partial charge on any atom is -0.456 e. The van der Waals surface area contributed by atoms with Crippen molar-refractivity contribution in [3.63, 3.8) is 0 Å². The summed E-state index contributed by atoms with van der Waals surface area (Å²) in [6.07, 6.45) is 8.29. The van der Waals surface area contributed by atoms with Crippen LogP contribution in [0.1, 0.15) is 75.9 Å². The van der Waals surface area contributed by atoms with Crippen LogP contribution in [0, 0.1) is 24.7 Å². The van der Waals surface area contributed by atoms with E-state index in [0.29, 0.717) is 11.1 Å². The molecule has 1 amide bonds. The van der Waals surface area contributed by atoms with E-state index < -0.39 is 12.0 Å². The second-order valence-electron chi connectivity index (χ2n) is 12.4. The van der Waals surface area contributed by atoms with Crippen LogP contribution in [0.5, 0.6) is 0 Å². The zero-order valence-electron chi connectivity index (χ0n) is 23.1. The van der Waals surface area contributed by atoms with Gasteiger partial charge in [0.15, 0.2) is 12.4 Å². The van der Waals surface area contributed by atoms with Gasteiger partial charge in [-0.05, 0) is 91.9 Å². The SMILES string of the molecule is Cc1ccc(C(=O)COC(=O)[C@@H](Cc2ccccc2)NC(=O)c2ccc(C34CC5CC(CC(C5)C3)C4)cc2)cc1. The summed E-state index contributed by atoms with van der Waals surface area (Å²) in [7, 11) is 0. The predicted molar refractivity (Wildman–Crippen MR) is 154 cm³/mol. The minimum absolute atomic E-state index is 0.271. The highest BCUT2D eigenvalue weighted by Gasteiger charge is 2.51. The van der Waals surface area contributed by atoms with E-state index in [1.807, 2.05) is 61.5 Å².